The summed E-state index contributed by atoms with van der Waals surface area (Å²) in [6, 6.07) is 12.1. The summed E-state index contributed by atoms with van der Waals surface area (Å²) in [4.78, 5) is 16.4. The van der Waals surface area contributed by atoms with Gasteiger partial charge in [0.15, 0.2) is 17.3 Å². The largest absolute Gasteiger partial charge is 0.497 e. The van der Waals surface area contributed by atoms with E-state index in [9.17, 15) is 0 Å². The molecule has 31 heavy (non-hydrogen) atoms. The average Bonchev–Trinajstić information content (AvgIpc) is 3.46. The van der Waals surface area contributed by atoms with E-state index in [1.54, 1.807) is 20.4 Å². The van der Waals surface area contributed by atoms with Crippen LogP contribution in [0, 0.1) is 0 Å². The zero-order valence-electron chi connectivity index (χ0n) is 17.6. The van der Waals surface area contributed by atoms with Gasteiger partial charge in [0, 0.05) is 37.6 Å². The molecule has 158 valence electrons. The molecule has 8 heteroatoms. The highest BCUT2D eigenvalue weighted by Gasteiger charge is 2.30. The number of aromatic nitrogens is 5. The van der Waals surface area contributed by atoms with Crippen LogP contribution in [0.2, 0.25) is 0 Å². The van der Waals surface area contributed by atoms with Crippen molar-refractivity contribution in [2.45, 2.75) is 25.3 Å². The van der Waals surface area contributed by atoms with E-state index in [2.05, 4.69) is 20.9 Å². The van der Waals surface area contributed by atoms with Crippen LogP contribution in [-0.4, -0.2) is 45.3 Å². The minimum Gasteiger partial charge on any atom is -0.497 e. The second-order valence-corrected chi connectivity index (χ2v) is 7.55. The highest BCUT2D eigenvalue weighted by atomic mass is 16.5. The summed E-state index contributed by atoms with van der Waals surface area (Å²) in [5, 5.41) is 4.69. The minimum absolute atomic E-state index is 0.197. The summed E-state index contributed by atoms with van der Waals surface area (Å²) in [6.07, 6.45) is 8.17. The van der Waals surface area contributed by atoms with E-state index in [0.29, 0.717) is 6.42 Å². The summed E-state index contributed by atoms with van der Waals surface area (Å²) in [6.45, 7) is 0.920. The number of hydrogen-bond donors (Lipinski definition) is 0. The zero-order valence-corrected chi connectivity index (χ0v) is 17.6. The third-order valence-corrected chi connectivity index (χ3v) is 5.61. The number of benzene rings is 1. The maximum atomic E-state index is 5.39. The molecule has 1 unspecified atom stereocenters. The first-order valence-electron chi connectivity index (χ1n) is 10.3. The predicted molar refractivity (Wildman–Crippen MR) is 117 cm³/mol. The van der Waals surface area contributed by atoms with Gasteiger partial charge in [0.1, 0.15) is 11.5 Å². The number of anilines is 1. The summed E-state index contributed by atoms with van der Waals surface area (Å²) >= 11 is 0. The van der Waals surface area contributed by atoms with Crippen molar-refractivity contribution in [3.63, 3.8) is 0 Å². The van der Waals surface area contributed by atoms with Crippen LogP contribution in [0.3, 0.4) is 0 Å². The standard InChI is InChI=1S/C23H24N6O2/c1-30-17-12-16(13-18(15-17)31-2)14-21-26-23-22(25-9-11-29(23)27-21)28-10-5-7-20(28)19-6-3-4-8-24-19/h3-4,6,8-9,11-13,15,20H,5,7,10,14H2,1-2H3. The van der Waals surface area contributed by atoms with Crippen molar-refractivity contribution in [3.05, 3.63) is 72.1 Å². The van der Waals surface area contributed by atoms with E-state index in [4.69, 9.17) is 19.6 Å². The predicted octanol–water partition coefficient (Wildman–Crippen LogP) is 3.47. The van der Waals surface area contributed by atoms with Gasteiger partial charge in [-0.25, -0.2) is 14.5 Å². The van der Waals surface area contributed by atoms with E-state index in [1.807, 2.05) is 47.2 Å². The Labute approximate surface area is 180 Å². The van der Waals surface area contributed by atoms with Crippen molar-refractivity contribution >= 4 is 11.5 Å². The van der Waals surface area contributed by atoms with Crippen molar-refractivity contribution < 1.29 is 9.47 Å². The molecule has 4 aromatic rings. The molecule has 1 aliphatic heterocycles. The van der Waals surface area contributed by atoms with E-state index in [0.717, 1.165) is 59.4 Å². The van der Waals surface area contributed by atoms with Gasteiger partial charge in [-0.15, -0.1) is 0 Å². The lowest BCUT2D eigenvalue weighted by Gasteiger charge is -2.25. The topological polar surface area (TPSA) is 77.7 Å². The van der Waals surface area contributed by atoms with Crippen LogP contribution in [0.1, 0.15) is 36.0 Å². The molecule has 8 nitrogen and oxygen atoms in total. The van der Waals surface area contributed by atoms with E-state index >= 15 is 0 Å². The Morgan fingerprint density at radius 3 is 2.61 bits per heavy atom. The summed E-state index contributed by atoms with van der Waals surface area (Å²) in [7, 11) is 3.29. The molecular weight excluding hydrogens is 392 g/mol. The van der Waals surface area contributed by atoms with Crippen molar-refractivity contribution in [1.29, 1.82) is 0 Å². The fraction of sp³-hybridized carbons (Fsp3) is 0.304. The fourth-order valence-corrected chi connectivity index (χ4v) is 4.18. The van der Waals surface area contributed by atoms with Crippen LogP contribution in [0.25, 0.3) is 5.65 Å². The van der Waals surface area contributed by atoms with Gasteiger partial charge in [0.05, 0.1) is 26.0 Å². The average molecular weight is 416 g/mol. The van der Waals surface area contributed by atoms with Crippen LogP contribution < -0.4 is 14.4 Å². The number of pyridine rings is 1. The summed E-state index contributed by atoms with van der Waals surface area (Å²) in [5.74, 6) is 3.06. The van der Waals surface area contributed by atoms with Crippen LogP contribution >= 0.6 is 0 Å². The monoisotopic (exact) mass is 416 g/mol. The highest BCUT2D eigenvalue weighted by Crippen LogP contribution is 2.35. The lowest BCUT2D eigenvalue weighted by molar-refractivity contribution is 0.393. The first kappa shape index (κ1) is 19.3. The molecule has 0 saturated carbocycles. The third kappa shape index (κ3) is 3.76. The maximum absolute atomic E-state index is 5.39. The Hall–Kier alpha value is -3.68. The molecule has 1 saturated heterocycles. The molecule has 0 bridgehead atoms. The number of methoxy groups -OCH3 is 2. The van der Waals surface area contributed by atoms with Crippen LogP contribution in [0.4, 0.5) is 5.82 Å². The van der Waals surface area contributed by atoms with Crippen molar-refractivity contribution in [2.24, 2.45) is 0 Å². The lowest BCUT2D eigenvalue weighted by atomic mass is 10.1. The molecule has 1 aromatic carbocycles. The van der Waals surface area contributed by atoms with Gasteiger partial charge in [0.25, 0.3) is 0 Å². The Morgan fingerprint density at radius 1 is 1.03 bits per heavy atom. The Morgan fingerprint density at radius 2 is 1.87 bits per heavy atom. The molecule has 0 aliphatic carbocycles. The van der Waals surface area contributed by atoms with Crippen molar-refractivity contribution in [1.82, 2.24) is 24.6 Å². The number of hydrogen-bond acceptors (Lipinski definition) is 7. The van der Waals surface area contributed by atoms with Crippen LogP contribution in [-0.2, 0) is 6.42 Å². The Bertz CT molecular complexity index is 1170. The van der Waals surface area contributed by atoms with Gasteiger partial charge in [-0.2, -0.15) is 5.10 Å². The van der Waals surface area contributed by atoms with Crippen molar-refractivity contribution in [2.75, 3.05) is 25.7 Å². The van der Waals surface area contributed by atoms with Crippen LogP contribution in [0.15, 0.2) is 55.0 Å². The molecule has 4 heterocycles. The normalized spacial score (nSPS) is 16.1. The van der Waals surface area contributed by atoms with Crippen LogP contribution in [0.5, 0.6) is 11.5 Å². The quantitative estimate of drug-likeness (QED) is 0.476. The first-order chi connectivity index (χ1) is 15.2. The number of rotatable bonds is 6. The molecule has 0 amide bonds. The second-order valence-electron chi connectivity index (χ2n) is 7.55. The molecule has 3 aromatic heterocycles. The fourth-order valence-electron chi connectivity index (χ4n) is 4.18. The Balaban J connectivity index is 1.49. The number of fused-ring (bicyclic) bond motifs is 1. The van der Waals surface area contributed by atoms with Gasteiger partial charge in [-0.05, 0) is 42.7 Å². The molecule has 0 spiro atoms. The summed E-state index contributed by atoms with van der Waals surface area (Å²) in [5.41, 5.74) is 2.84. The molecule has 1 fully saturated rings. The van der Waals surface area contributed by atoms with Gasteiger partial charge in [-0.3, -0.25) is 4.98 Å². The summed E-state index contributed by atoms with van der Waals surface area (Å²) < 4.78 is 12.6. The van der Waals surface area contributed by atoms with Gasteiger partial charge >= 0.3 is 0 Å². The molecule has 0 N–H and O–H groups in total. The molecule has 1 aliphatic rings. The SMILES string of the molecule is COc1cc(Cc2nc3c(N4CCCC4c4ccccn4)nccn3n2)cc(OC)c1. The highest BCUT2D eigenvalue weighted by molar-refractivity contribution is 5.65. The number of ether oxygens (including phenoxy) is 2. The maximum Gasteiger partial charge on any atom is 0.198 e. The first-order valence-corrected chi connectivity index (χ1v) is 10.3. The lowest BCUT2D eigenvalue weighted by Crippen LogP contribution is -2.25. The minimum atomic E-state index is 0.197. The van der Waals surface area contributed by atoms with Gasteiger partial charge < -0.3 is 14.4 Å². The van der Waals surface area contributed by atoms with E-state index in [1.165, 1.54) is 0 Å². The van der Waals surface area contributed by atoms with Gasteiger partial charge in [-0.1, -0.05) is 6.07 Å². The molecule has 1 atom stereocenters. The third-order valence-electron chi connectivity index (χ3n) is 5.61. The second kappa shape index (κ2) is 8.22. The molecule has 0 radical (unpaired) electrons. The molecule has 5 rings (SSSR count). The zero-order chi connectivity index (χ0) is 21.2. The molecular formula is C23H24N6O2. The Kier molecular flexibility index (Phi) is 5.11. The van der Waals surface area contributed by atoms with E-state index in [-0.39, 0.29) is 6.04 Å². The van der Waals surface area contributed by atoms with Crippen molar-refractivity contribution in [3.8, 4) is 11.5 Å². The van der Waals surface area contributed by atoms with Gasteiger partial charge in [0.2, 0.25) is 0 Å². The number of nitrogens with zero attached hydrogens (tertiary/aromatic N) is 6. The van der Waals surface area contributed by atoms with E-state index < -0.39 is 0 Å². The smallest absolute Gasteiger partial charge is 0.198 e.